The van der Waals surface area contributed by atoms with Crippen LogP contribution in [0.5, 0.6) is 0 Å². The third kappa shape index (κ3) is 7.19. The molecule has 0 radical (unpaired) electrons. The second-order valence-electron chi connectivity index (χ2n) is 10.7. The lowest BCUT2D eigenvalue weighted by atomic mass is 9.88. The number of alkyl halides is 3. The molecule has 0 aromatic carbocycles. The van der Waals surface area contributed by atoms with Crippen LogP contribution in [-0.4, -0.2) is 38.6 Å². The van der Waals surface area contributed by atoms with Crippen LogP contribution in [0.4, 0.5) is 23.7 Å². The summed E-state index contributed by atoms with van der Waals surface area (Å²) in [5.41, 5.74) is -0.554. The van der Waals surface area contributed by atoms with Crippen LogP contribution in [0, 0.1) is 5.41 Å². The van der Waals surface area contributed by atoms with Gasteiger partial charge in [-0.2, -0.15) is 13.2 Å². The first-order valence-electron chi connectivity index (χ1n) is 11.3. The zero-order valence-corrected chi connectivity index (χ0v) is 21.0. The molecular weight excluding hydrogens is 475 g/mol. The largest absolute Gasteiger partial charge is 0.444 e. The van der Waals surface area contributed by atoms with Crippen LogP contribution in [0.15, 0.2) is 36.7 Å². The van der Waals surface area contributed by atoms with Gasteiger partial charge in [-0.15, -0.1) is 0 Å². The minimum absolute atomic E-state index is 0.0947. The van der Waals surface area contributed by atoms with Gasteiger partial charge < -0.3 is 20.4 Å². The number of pyridine rings is 2. The first-order valence-corrected chi connectivity index (χ1v) is 11.3. The fourth-order valence-electron chi connectivity index (χ4n) is 3.53. The molecule has 36 heavy (non-hydrogen) atoms. The quantitative estimate of drug-likeness (QED) is 0.399. The van der Waals surface area contributed by atoms with Gasteiger partial charge in [0.25, 0.3) is 0 Å². The Balaban J connectivity index is 1.79. The van der Waals surface area contributed by atoms with E-state index in [-0.39, 0.29) is 16.4 Å². The van der Waals surface area contributed by atoms with Crippen molar-refractivity contribution in [3.8, 4) is 11.3 Å². The first kappa shape index (κ1) is 27.0. The summed E-state index contributed by atoms with van der Waals surface area (Å²) < 4.78 is 44.6. The first-order chi connectivity index (χ1) is 16.5. The lowest BCUT2D eigenvalue weighted by molar-refractivity contribution is -0.140. The van der Waals surface area contributed by atoms with Crippen LogP contribution in [0.25, 0.3) is 22.3 Å². The molecule has 0 saturated heterocycles. The highest BCUT2D eigenvalue weighted by Crippen LogP contribution is 2.34. The van der Waals surface area contributed by atoms with Crippen molar-refractivity contribution in [1.82, 2.24) is 20.3 Å². The van der Waals surface area contributed by atoms with Gasteiger partial charge in [-0.05, 0) is 56.9 Å². The number of rotatable bonds is 5. The third-order valence-electron chi connectivity index (χ3n) is 4.97. The molecular formula is C25H30F3N5O3. The van der Waals surface area contributed by atoms with Crippen LogP contribution >= 0.6 is 0 Å². The molecule has 11 heteroatoms. The number of hydrogen-bond acceptors (Lipinski definition) is 5. The molecule has 3 N–H and O–H groups in total. The molecule has 3 heterocycles. The van der Waals surface area contributed by atoms with Gasteiger partial charge >= 0.3 is 12.3 Å². The lowest BCUT2D eigenvalue weighted by Crippen LogP contribution is -2.47. The van der Waals surface area contributed by atoms with Gasteiger partial charge in [0.15, 0.2) is 0 Å². The van der Waals surface area contributed by atoms with E-state index in [0.29, 0.717) is 23.4 Å². The van der Waals surface area contributed by atoms with Gasteiger partial charge in [0.2, 0.25) is 5.91 Å². The number of nitrogens with one attached hydrogen (secondary N) is 3. The van der Waals surface area contributed by atoms with E-state index in [2.05, 4.69) is 25.6 Å². The molecule has 0 aliphatic carbocycles. The van der Waals surface area contributed by atoms with Crippen molar-refractivity contribution in [2.75, 3.05) is 5.32 Å². The standard InChI is InChI=1S/C25H30F3N5O3/c1-23(2,3)12-18(32-22(35)36-24(4,5)6)21(34)31-14-7-8-17(30-13-14)15-9-10-29-20-16(15)11-19(33-20)25(26,27)28/h7-11,13,18H,12H2,1-6H3,(H,29,33)(H,31,34)(H,32,35)/t18-/m1/s1. The number of alkyl carbamates (subject to hydrolysis) is 1. The Morgan fingerprint density at radius 1 is 1.06 bits per heavy atom. The molecule has 3 aromatic rings. The minimum Gasteiger partial charge on any atom is -0.444 e. The second kappa shape index (κ2) is 9.79. The van der Waals surface area contributed by atoms with Crippen molar-refractivity contribution in [2.45, 2.75) is 65.8 Å². The SMILES string of the molecule is CC(C)(C)C[C@@H](NC(=O)OC(C)(C)C)C(=O)Nc1ccc(-c2ccnc3[nH]c(C(F)(F)F)cc23)nc1. The Bertz CT molecular complexity index is 1240. The Labute approximate surface area is 207 Å². The number of fused-ring (bicyclic) bond motifs is 1. The van der Waals surface area contributed by atoms with Crippen molar-refractivity contribution in [2.24, 2.45) is 5.41 Å². The van der Waals surface area contributed by atoms with Crippen LogP contribution < -0.4 is 10.6 Å². The molecule has 2 amide bonds. The number of halogens is 3. The number of carbonyl (C=O) groups excluding carboxylic acids is 2. The van der Waals surface area contributed by atoms with Gasteiger partial charge in [0.1, 0.15) is 23.0 Å². The van der Waals surface area contributed by atoms with E-state index < -0.39 is 35.5 Å². The number of hydrogen-bond donors (Lipinski definition) is 3. The molecule has 3 rings (SSSR count). The highest BCUT2D eigenvalue weighted by atomic mass is 19.4. The fourth-order valence-corrected chi connectivity index (χ4v) is 3.53. The normalized spacial score (nSPS) is 13.4. The van der Waals surface area contributed by atoms with Crippen molar-refractivity contribution < 1.29 is 27.5 Å². The van der Waals surface area contributed by atoms with Crippen LogP contribution in [0.1, 0.15) is 53.7 Å². The van der Waals surface area contributed by atoms with Crippen molar-refractivity contribution in [3.05, 3.63) is 42.4 Å². The average molecular weight is 506 g/mol. The zero-order chi connectivity index (χ0) is 26.9. The molecule has 0 aliphatic rings. The number of H-pyrrole nitrogens is 1. The van der Waals surface area contributed by atoms with E-state index in [1.165, 1.54) is 12.4 Å². The summed E-state index contributed by atoms with van der Waals surface area (Å²) in [6.07, 6.45) is -2.08. The molecule has 0 unspecified atom stereocenters. The van der Waals surface area contributed by atoms with Crippen molar-refractivity contribution in [3.63, 3.8) is 0 Å². The predicted molar refractivity (Wildman–Crippen MR) is 130 cm³/mol. The Morgan fingerprint density at radius 3 is 2.31 bits per heavy atom. The smallest absolute Gasteiger partial charge is 0.431 e. The number of nitrogens with zero attached hydrogens (tertiary/aromatic N) is 2. The van der Waals surface area contributed by atoms with E-state index in [4.69, 9.17) is 4.74 Å². The van der Waals surface area contributed by atoms with Gasteiger partial charge in [-0.3, -0.25) is 9.78 Å². The number of ether oxygens (including phenoxy) is 1. The topological polar surface area (TPSA) is 109 Å². The van der Waals surface area contributed by atoms with E-state index in [0.717, 1.165) is 6.07 Å². The predicted octanol–water partition coefficient (Wildman–Crippen LogP) is 5.91. The number of anilines is 1. The van der Waals surface area contributed by atoms with Gasteiger partial charge in [-0.1, -0.05) is 20.8 Å². The van der Waals surface area contributed by atoms with E-state index in [1.54, 1.807) is 39.0 Å². The van der Waals surface area contributed by atoms with Crippen LogP contribution in [-0.2, 0) is 15.7 Å². The zero-order valence-electron chi connectivity index (χ0n) is 21.0. The minimum atomic E-state index is -4.53. The van der Waals surface area contributed by atoms with Gasteiger partial charge in [-0.25, -0.2) is 9.78 Å². The highest BCUT2D eigenvalue weighted by molar-refractivity contribution is 5.97. The second-order valence-corrected chi connectivity index (χ2v) is 10.7. The molecule has 0 aliphatic heterocycles. The Morgan fingerprint density at radius 2 is 1.75 bits per heavy atom. The number of aromatic nitrogens is 3. The Hall–Kier alpha value is -3.63. The van der Waals surface area contributed by atoms with Crippen molar-refractivity contribution >= 4 is 28.7 Å². The summed E-state index contributed by atoms with van der Waals surface area (Å²) in [4.78, 5) is 35.8. The summed E-state index contributed by atoms with van der Waals surface area (Å²) in [5, 5.41) is 5.64. The lowest BCUT2D eigenvalue weighted by Gasteiger charge is -2.27. The van der Waals surface area contributed by atoms with Crippen LogP contribution in [0.3, 0.4) is 0 Å². The number of carbonyl (C=O) groups is 2. The fraction of sp³-hybridized carbons (Fsp3) is 0.440. The van der Waals surface area contributed by atoms with E-state index >= 15 is 0 Å². The summed E-state index contributed by atoms with van der Waals surface area (Å²) in [6.45, 7) is 11.0. The highest BCUT2D eigenvalue weighted by Gasteiger charge is 2.33. The summed E-state index contributed by atoms with van der Waals surface area (Å²) in [6, 6.07) is 4.88. The maximum atomic E-state index is 13.1. The molecule has 0 bridgehead atoms. The molecule has 0 fully saturated rings. The molecule has 194 valence electrons. The number of aromatic amines is 1. The average Bonchev–Trinajstić information content (AvgIpc) is 3.16. The van der Waals surface area contributed by atoms with Gasteiger partial charge in [0, 0.05) is 17.1 Å². The molecule has 3 aromatic heterocycles. The molecule has 0 saturated carbocycles. The van der Waals surface area contributed by atoms with Crippen LogP contribution in [0.2, 0.25) is 0 Å². The van der Waals surface area contributed by atoms with E-state index in [9.17, 15) is 22.8 Å². The summed E-state index contributed by atoms with van der Waals surface area (Å²) in [5.74, 6) is -0.447. The summed E-state index contributed by atoms with van der Waals surface area (Å²) >= 11 is 0. The Kier molecular flexibility index (Phi) is 7.33. The van der Waals surface area contributed by atoms with Crippen molar-refractivity contribution in [1.29, 1.82) is 0 Å². The number of amides is 2. The molecule has 0 spiro atoms. The third-order valence-corrected chi connectivity index (χ3v) is 4.97. The molecule has 1 atom stereocenters. The van der Waals surface area contributed by atoms with Gasteiger partial charge in [0.05, 0.1) is 17.6 Å². The maximum absolute atomic E-state index is 13.1. The summed E-state index contributed by atoms with van der Waals surface area (Å²) in [7, 11) is 0. The monoisotopic (exact) mass is 505 g/mol. The van der Waals surface area contributed by atoms with E-state index in [1.807, 2.05) is 20.8 Å². The maximum Gasteiger partial charge on any atom is 0.431 e. The molecule has 8 nitrogen and oxygen atoms in total.